The Morgan fingerprint density at radius 3 is 2.35 bits per heavy atom. The van der Waals surface area contributed by atoms with Gasteiger partial charge in [0, 0.05) is 30.4 Å². The van der Waals surface area contributed by atoms with Gasteiger partial charge >= 0.3 is 0 Å². The van der Waals surface area contributed by atoms with E-state index in [2.05, 4.69) is 0 Å². The molecule has 2 aromatic heterocycles. The molecular weight excluding hydrogens is 328 g/mol. The van der Waals surface area contributed by atoms with E-state index in [0.717, 1.165) is 37.1 Å². The molecule has 0 aromatic carbocycles. The van der Waals surface area contributed by atoms with Crippen LogP contribution in [0.2, 0.25) is 0 Å². The first-order chi connectivity index (χ1) is 11.2. The van der Waals surface area contributed by atoms with Crippen LogP contribution in [0.1, 0.15) is 29.6 Å². The number of carbonyl (C=O) groups excluding carboxylic acids is 2. The van der Waals surface area contributed by atoms with Crippen LogP contribution in [0.4, 0.5) is 5.69 Å². The number of thiophene rings is 2. The molecule has 4 heterocycles. The Morgan fingerprint density at radius 2 is 1.70 bits per heavy atom. The number of amides is 2. The largest absolute Gasteiger partial charge is 0.339 e. The Bertz CT molecular complexity index is 701. The smallest absolute Gasteiger partial charge is 0.254 e. The molecule has 0 atom stereocenters. The minimum absolute atomic E-state index is 0.0984. The molecule has 120 valence electrons. The zero-order chi connectivity index (χ0) is 15.9. The first-order valence-electron chi connectivity index (χ1n) is 7.85. The Kier molecular flexibility index (Phi) is 3.73. The van der Waals surface area contributed by atoms with E-state index in [1.54, 1.807) is 22.7 Å². The lowest BCUT2D eigenvalue weighted by Crippen LogP contribution is -2.46. The molecule has 4 nitrogen and oxygen atoms in total. The molecule has 2 aliphatic heterocycles. The fourth-order valence-electron chi connectivity index (χ4n) is 3.65. The zero-order valence-corrected chi connectivity index (χ0v) is 14.4. The third-order valence-corrected chi connectivity index (χ3v) is 6.46. The van der Waals surface area contributed by atoms with Crippen LogP contribution >= 0.6 is 22.7 Å². The highest BCUT2D eigenvalue weighted by Crippen LogP contribution is 2.43. The second-order valence-electron chi connectivity index (χ2n) is 6.27. The van der Waals surface area contributed by atoms with Crippen molar-refractivity contribution in [1.82, 2.24) is 4.90 Å². The third kappa shape index (κ3) is 2.50. The lowest BCUT2D eigenvalue weighted by atomic mass is 9.77. The van der Waals surface area contributed by atoms with Crippen molar-refractivity contribution >= 4 is 40.2 Å². The maximum Gasteiger partial charge on any atom is 0.254 e. The highest BCUT2D eigenvalue weighted by atomic mass is 32.1. The molecule has 2 fully saturated rings. The third-order valence-electron chi connectivity index (χ3n) is 5.11. The Labute approximate surface area is 143 Å². The standard InChI is InChI=1S/C17H18N2O2S2/c20-15(13-1-9-22-11-13)18-6-3-17(4-7-18)5-8-19(16(17)21)14-2-10-23-12-14/h1-2,9-12H,3-8H2. The highest BCUT2D eigenvalue weighted by molar-refractivity contribution is 7.08. The minimum Gasteiger partial charge on any atom is -0.339 e. The summed E-state index contributed by atoms with van der Waals surface area (Å²) in [6.07, 6.45) is 2.47. The van der Waals surface area contributed by atoms with Crippen LogP contribution in [0.3, 0.4) is 0 Å². The molecule has 0 saturated carbocycles. The van der Waals surface area contributed by atoms with Crippen LogP contribution in [0, 0.1) is 5.41 Å². The van der Waals surface area contributed by atoms with Gasteiger partial charge in [0.2, 0.25) is 5.91 Å². The predicted molar refractivity (Wildman–Crippen MR) is 93.2 cm³/mol. The lowest BCUT2D eigenvalue weighted by Gasteiger charge is -2.37. The van der Waals surface area contributed by atoms with Crippen molar-refractivity contribution < 1.29 is 9.59 Å². The van der Waals surface area contributed by atoms with E-state index in [0.29, 0.717) is 13.1 Å². The number of hydrogen-bond donors (Lipinski definition) is 0. The van der Waals surface area contributed by atoms with Crippen molar-refractivity contribution in [3.63, 3.8) is 0 Å². The van der Waals surface area contributed by atoms with Gasteiger partial charge in [0.05, 0.1) is 16.7 Å². The highest BCUT2D eigenvalue weighted by Gasteiger charge is 2.49. The molecule has 1 spiro atoms. The zero-order valence-electron chi connectivity index (χ0n) is 12.7. The first kappa shape index (κ1) is 14.9. The van der Waals surface area contributed by atoms with Crippen molar-refractivity contribution in [1.29, 1.82) is 0 Å². The van der Waals surface area contributed by atoms with Gasteiger partial charge in [0.1, 0.15) is 0 Å². The minimum atomic E-state index is -0.257. The molecule has 6 heteroatoms. The van der Waals surface area contributed by atoms with Gasteiger partial charge in [-0.3, -0.25) is 9.59 Å². The van der Waals surface area contributed by atoms with Crippen molar-refractivity contribution in [3.8, 4) is 0 Å². The van der Waals surface area contributed by atoms with Gasteiger partial charge in [0.25, 0.3) is 5.91 Å². The summed E-state index contributed by atoms with van der Waals surface area (Å²) in [6, 6.07) is 3.88. The van der Waals surface area contributed by atoms with E-state index in [1.807, 2.05) is 43.5 Å². The maximum absolute atomic E-state index is 12.9. The van der Waals surface area contributed by atoms with Gasteiger partial charge in [-0.1, -0.05) is 0 Å². The normalized spacial score (nSPS) is 20.4. The number of nitrogens with zero attached hydrogens (tertiary/aromatic N) is 2. The summed E-state index contributed by atoms with van der Waals surface area (Å²) in [4.78, 5) is 29.2. The van der Waals surface area contributed by atoms with Crippen molar-refractivity contribution in [2.24, 2.45) is 5.41 Å². The summed E-state index contributed by atoms with van der Waals surface area (Å²) < 4.78 is 0. The quantitative estimate of drug-likeness (QED) is 0.835. The maximum atomic E-state index is 12.9. The lowest BCUT2D eigenvalue weighted by molar-refractivity contribution is -0.127. The Hall–Kier alpha value is -1.66. The summed E-state index contributed by atoms with van der Waals surface area (Å²) in [5, 5.41) is 7.87. The van der Waals surface area contributed by atoms with Crippen LogP contribution in [-0.2, 0) is 4.79 Å². The molecule has 2 aromatic rings. The fraction of sp³-hybridized carbons (Fsp3) is 0.412. The van der Waals surface area contributed by atoms with E-state index in [-0.39, 0.29) is 17.2 Å². The van der Waals surface area contributed by atoms with Crippen molar-refractivity contribution in [2.75, 3.05) is 24.5 Å². The molecule has 2 amide bonds. The molecule has 0 bridgehead atoms. The van der Waals surface area contributed by atoms with Gasteiger partial charge in [0.15, 0.2) is 0 Å². The predicted octanol–water partition coefficient (Wildman–Crippen LogP) is 3.47. The van der Waals surface area contributed by atoms with Crippen LogP contribution < -0.4 is 4.90 Å². The number of hydrogen-bond acceptors (Lipinski definition) is 4. The van der Waals surface area contributed by atoms with Crippen molar-refractivity contribution in [3.05, 3.63) is 39.2 Å². The Balaban J connectivity index is 1.45. The summed E-state index contributed by atoms with van der Waals surface area (Å²) in [7, 11) is 0. The molecule has 0 aliphatic carbocycles. The van der Waals surface area contributed by atoms with Crippen LogP contribution in [-0.4, -0.2) is 36.3 Å². The van der Waals surface area contributed by atoms with Gasteiger partial charge in [-0.2, -0.15) is 22.7 Å². The Morgan fingerprint density at radius 1 is 1.00 bits per heavy atom. The first-order valence-corrected chi connectivity index (χ1v) is 9.74. The summed E-state index contributed by atoms with van der Waals surface area (Å²) in [5.74, 6) is 0.347. The molecule has 4 rings (SSSR count). The number of piperidine rings is 1. The average molecular weight is 346 g/mol. The second-order valence-corrected chi connectivity index (χ2v) is 7.83. The van der Waals surface area contributed by atoms with Gasteiger partial charge in [-0.05, 0) is 42.2 Å². The van der Waals surface area contributed by atoms with Gasteiger partial charge in [-0.25, -0.2) is 0 Å². The summed E-state index contributed by atoms with van der Waals surface area (Å²) in [6.45, 7) is 2.16. The molecule has 2 aliphatic rings. The average Bonchev–Trinajstić information content (AvgIpc) is 3.31. The summed E-state index contributed by atoms with van der Waals surface area (Å²) >= 11 is 3.16. The number of likely N-dealkylation sites (tertiary alicyclic amines) is 1. The monoisotopic (exact) mass is 346 g/mol. The van der Waals surface area contributed by atoms with E-state index in [9.17, 15) is 9.59 Å². The topological polar surface area (TPSA) is 40.6 Å². The molecule has 0 unspecified atom stereocenters. The van der Waals surface area contributed by atoms with E-state index >= 15 is 0 Å². The number of carbonyl (C=O) groups is 2. The molecule has 0 radical (unpaired) electrons. The van der Waals surface area contributed by atoms with E-state index in [1.165, 1.54) is 0 Å². The van der Waals surface area contributed by atoms with Gasteiger partial charge in [-0.15, -0.1) is 0 Å². The van der Waals surface area contributed by atoms with Crippen LogP contribution in [0.15, 0.2) is 33.7 Å². The van der Waals surface area contributed by atoms with Crippen LogP contribution in [0.5, 0.6) is 0 Å². The molecule has 2 saturated heterocycles. The van der Waals surface area contributed by atoms with E-state index in [4.69, 9.17) is 0 Å². The van der Waals surface area contributed by atoms with Crippen molar-refractivity contribution in [2.45, 2.75) is 19.3 Å². The van der Waals surface area contributed by atoms with Crippen LogP contribution in [0.25, 0.3) is 0 Å². The molecule has 0 N–H and O–H groups in total. The molecular formula is C17H18N2O2S2. The second kappa shape index (κ2) is 5.76. The fourth-order valence-corrected chi connectivity index (χ4v) is 4.92. The number of rotatable bonds is 2. The van der Waals surface area contributed by atoms with Gasteiger partial charge < -0.3 is 9.80 Å². The van der Waals surface area contributed by atoms with E-state index < -0.39 is 0 Å². The SMILES string of the molecule is O=C(c1ccsc1)N1CCC2(CC1)CCN(c1ccsc1)C2=O. The molecule has 23 heavy (non-hydrogen) atoms. The summed E-state index contributed by atoms with van der Waals surface area (Å²) in [5.41, 5.74) is 1.53. The number of anilines is 1.